The summed E-state index contributed by atoms with van der Waals surface area (Å²) in [6.07, 6.45) is 0. The van der Waals surface area contributed by atoms with Crippen LogP contribution in [0.5, 0.6) is 0 Å². The first kappa shape index (κ1) is 13.0. The van der Waals surface area contributed by atoms with Crippen molar-refractivity contribution in [1.29, 1.82) is 0 Å². The number of carbonyl (C=O) groups is 1. The van der Waals surface area contributed by atoms with Gasteiger partial charge in [0.2, 0.25) is 0 Å². The number of nitrogens with one attached hydrogen (secondary N) is 2. The second kappa shape index (κ2) is 5.97. The lowest BCUT2D eigenvalue weighted by Crippen LogP contribution is -2.23. The van der Waals surface area contributed by atoms with Crippen molar-refractivity contribution in [3.63, 3.8) is 0 Å². The minimum Gasteiger partial charge on any atom is -0.346 e. The number of anilines is 1. The third-order valence-corrected chi connectivity index (χ3v) is 2.69. The molecule has 0 atom stereocenters. The number of carbonyl (C=O) groups excluding carboxylic acids is 1. The summed E-state index contributed by atoms with van der Waals surface area (Å²) in [5.74, 6) is 5.13. The van der Waals surface area contributed by atoms with Gasteiger partial charge in [-0.05, 0) is 43.3 Å². The van der Waals surface area contributed by atoms with Crippen molar-refractivity contribution < 1.29 is 4.79 Å². The lowest BCUT2D eigenvalue weighted by atomic mass is 10.2. The standard InChI is InChI=1S/C14H16N4O/c1-10-3-2-4-13(17-10)9-16-14(19)11-5-7-12(18-15)8-6-11/h2-8,18H,9,15H2,1H3,(H,16,19). The fraction of sp³-hybridized carbons (Fsp3) is 0.143. The minimum absolute atomic E-state index is 0.133. The van der Waals surface area contributed by atoms with E-state index in [0.717, 1.165) is 17.1 Å². The number of rotatable bonds is 4. The van der Waals surface area contributed by atoms with E-state index >= 15 is 0 Å². The van der Waals surface area contributed by atoms with Gasteiger partial charge < -0.3 is 10.7 Å². The van der Waals surface area contributed by atoms with Crippen LogP contribution >= 0.6 is 0 Å². The first-order valence-corrected chi connectivity index (χ1v) is 5.96. The zero-order chi connectivity index (χ0) is 13.7. The topological polar surface area (TPSA) is 80.0 Å². The quantitative estimate of drug-likeness (QED) is 0.573. The Labute approximate surface area is 111 Å². The van der Waals surface area contributed by atoms with Crippen LogP contribution < -0.4 is 16.6 Å². The van der Waals surface area contributed by atoms with Crippen LogP contribution in [-0.4, -0.2) is 10.9 Å². The van der Waals surface area contributed by atoms with E-state index in [1.807, 2.05) is 25.1 Å². The Balaban J connectivity index is 1.97. The molecule has 0 saturated carbocycles. The molecule has 5 nitrogen and oxygen atoms in total. The van der Waals surface area contributed by atoms with Gasteiger partial charge in [-0.2, -0.15) is 0 Å². The van der Waals surface area contributed by atoms with Gasteiger partial charge in [-0.1, -0.05) is 6.07 Å². The highest BCUT2D eigenvalue weighted by atomic mass is 16.1. The lowest BCUT2D eigenvalue weighted by Gasteiger charge is -2.06. The summed E-state index contributed by atoms with van der Waals surface area (Å²) in [4.78, 5) is 16.2. The molecule has 0 bridgehead atoms. The number of hydrazine groups is 1. The highest BCUT2D eigenvalue weighted by Gasteiger charge is 2.05. The molecular weight excluding hydrogens is 240 g/mol. The Hall–Kier alpha value is -2.40. The number of pyridine rings is 1. The van der Waals surface area contributed by atoms with Crippen LogP contribution in [0.1, 0.15) is 21.7 Å². The minimum atomic E-state index is -0.133. The van der Waals surface area contributed by atoms with Crippen molar-refractivity contribution in [1.82, 2.24) is 10.3 Å². The molecule has 19 heavy (non-hydrogen) atoms. The van der Waals surface area contributed by atoms with Gasteiger partial charge in [0.1, 0.15) is 0 Å². The summed E-state index contributed by atoms with van der Waals surface area (Å²) in [7, 11) is 0. The van der Waals surface area contributed by atoms with Gasteiger partial charge in [-0.15, -0.1) is 0 Å². The van der Waals surface area contributed by atoms with E-state index in [2.05, 4.69) is 15.7 Å². The van der Waals surface area contributed by atoms with Crippen molar-refractivity contribution in [2.75, 3.05) is 5.43 Å². The van der Waals surface area contributed by atoms with Gasteiger partial charge in [0.25, 0.3) is 5.91 Å². The van der Waals surface area contributed by atoms with Crippen molar-refractivity contribution in [2.45, 2.75) is 13.5 Å². The van der Waals surface area contributed by atoms with E-state index in [-0.39, 0.29) is 5.91 Å². The predicted molar refractivity (Wildman–Crippen MR) is 74.4 cm³/mol. The molecule has 5 heteroatoms. The average molecular weight is 256 g/mol. The van der Waals surface area contributed by atoms with Crippen LogP contribution in [-0.2, 0) is 6.54 Å². The molecule has 0 unspecified atom stereocenters. The lowest BCUT2D eigenvalue weighted by molar-refractivity contribution is 0.0950. The maximum absolute atomic E-state index is 11.9. The fourth-order valence-corrected chi connectivity index (χ4v) is 1.69. The molecule has 0 fully saturated rings. The predicted octanol–water partition coefficient (Wildman–Crippen LogP) is 1.61. The number of aromatic nitrogens is 1. The Morgan fingerprint density at radius 2 is 1.95 bits per heavy atom. The average Bonchev–Trinajstić information content (AvgIpc) is 2.45. The molecule has 1 aromatic carbocycles. The molecular formula is C14H16N4O. The van der Waals surface area contributed by atoms with Crippen molar-refractivity contribution >= 4 is 11.6 Å². The molecule has 2 rings (SSSR count). The van der Waals surface area contributed by atoms with Crippen LogP contribution in [0.2, 0.25) is 0 Å². The molecule has 1 aromatic heterocycles. The number of nitrogens with zero attached hydrogens (tertiary/aromatic N) is 1. The molecule has 98 valence electrons. The molecule has 0 aliphatic carbocycles. The number of aryl methyl sites for hydroxylation is 1. The summed E-state index contributed by atoms with van der Waals surface area (Å²) in [6, 6.07) is 12.7. The van der Waals surface area contributed by atoms with Gasteiger partial charge in [-0.3, -0.25) is 15.6 Å². The van der Waals surface area contributed by atoms with Crippen LogP contribution in [0, 0.1) is 6.92 Å². The van der Waals surface area contributed by atoms with Gasteiger partial charge in [0.15, 0.2) is 0 Å². The number of hydrogen-bond donors (Lipinski definition) is 3. The van der Waals surface area contributed by atoms with Crippen molar-refractivity contribution in [2.24, 2.45) is 5.84 Å². The normalized spacial score (nSPS) is 10.0. The second-order valence-corrected chi connectivity index (χ2v) is 4.17. The van der Waals surface area contributed by atoms with E-state index in [1.165, 1.54) is 0 Å². The Kier molecular flexibility index (Phi) is 4.10. The third-order valence-electron chi connectivity index (χ3n) is 2.69. The highest BCUT2D eigenvalue weighted by Crippen LogP contribution is 2.08. The first-order valence-electron chi connectivity index (χ1n) is 5.96. The molecule has 0 aliphatic heterocycles. The molecule has 0 radical (unpaired) electrons. The van der Waals surface area contributed by atoms with Gasteiger partial charge in [0, 0.05) is 16.9 Å². The molecule has 0 aliphatic rings. The SMILES string of the molecule is Cc1cccc(CNC(=O)c2ccc(NN)cc2)n1. The molecule has 2 aromatic rings. The molecule has 0 spiro atoms. The summed E-state index contributed by atoms with van der Waals surface area (Å²) >= 11 is 0. The second-order valence-electron chi connectivity index (χ2n) is 4.17. The zero-order valence-electron chi connectivity index (χ0n) is 10.7. The van der Waals surface area contributed by atoms with E-state index in [4.69, 9.17) is 5.84 Å². The van der Waals surface area contributed by atoms with Crippen molar-refractivity contribution in [3.05, 3.63) is 59.4 Å². The van der Waals surface area contributed by atoms with E-state index in [9.17, 15) is 4.79 Å². The number of nitrogen functional groups attached to an aromatic ring is 1. The van der Waals surface area contributed by atoms with E-state index in [1.54, 1.807) is 24.3 Å². The molecule has 4 N–H and O–H groups in total. The largest absolute Gasteiger partial charge is 0.346 e. The molecule has 1 amide bonds. The van der Waals surface area contributed by atoms with E-state index in [0.29, 0.717) is 12.1 Å². The summed E-state index contributed by atoms with van der Waals surface area (Å²) < 4.78 is 0. The maximum atomic E-state index is 11.9. The smallest absolute Gasteiger partial charge is 0.251 e. The Bertz CT molecular complexity index is 566. The van der Waals surface area contributed by atoms with Crippen LogP contribution in [0.3, 0.4) is 0 Å². The summed E-state index contributed by atoms with van der Waals surface area (Å²) in [5, 5.41) is 2.83. The Morgan fingerprint density at radius 1 is 1.21 bits per heavy atom. The third kappa shape index (κ3) is 3.53. The van der Waals surface area contributed by atoms with Crippen molar-refractivity contribution in [3.8, 4) is 0 Å². The van der Waals surface area contributed by atoms with Gasteiger partial charge >= 0.3 is 0 Å². The number of hydrogen-bond acceptors (Lipinski definition) is 4. The zero-order valence-corrected chi connectivity index (χ0v) is 10.7. The number of benzene rings is 1. The van der Waals surface area contributed by atoms with Gasteiger partial charge in [-0.25, -0.2) is 0 Å². The maximum Gasteiger partial charge on any atom is 0.251 e. The van der Waals surface area contributed by atoms with E-state index < -0.39 is 0 Å². The molecule has 0 saturated heterocycles. The molecule has 1 heterocycles. The van der Waals surface area contributed by atoms with Crippen LogP contribution in [0.4, 0.5) is 5.69 Å². The monoisotopic (exact) mass is 256 g/mol. The summed E-state index contributed by atoms with van der Waals surface area (Å²) in [6.45, 7) is 2.33. The fourth-order valence-electron chi connectivity index (χ4n) is 1.69. The number of amides is 1. The first-order chi connectivity index (χ1) is 9.19. The summed E-state index contributed by atoms with van der Waals surface area (Å²) in [5.41, 5.74) is 5.64. The van der Waals surface area contributed by atoms with Crippen LogP contribution in [0.15, 0.2) is 42.5 Å². The highest BCUT2D eigenvalue weighted by molar-refractivity contribution is 5.94. The Morgan fingerprint density at radius 3 is 2.58 bits per heavy atom. The van der Waals surface area contributed by atoms with Gasteiger partial charge in [0.05, 0.1) is 12.2 Å². The van der Waals surface area contributed by atoms with Crippen LogP contribution in [0.25, 0.3) is 0 Å². The number of nitrogens with two attached hydrogens (primary N) is 1.